The Hall–Kier alpha value is -1.06. The quantitative estimate of drug-likeness (QED) is 0.814. The Kier molecular flexibility index (Phi) is 2.93. The molecule has 0 radical (unpaired) electrons. The molecule has 0 bridgehead atoms. The molecule has 0 spiro atoms. The number of β-amino-alcohol motifs (C(OH)–C–C–N with tert-alkyl or cyclic N) is 1. The fourth-order valence-electron chi connectivity index (χ4n) is 1.92. The third-order valence-electron chi connectivity index (χ3n) is 3.01. The number of rotatable bonds is 3. The summed E-state index contributed by atoms with van der Waals surface area (Å²) in [5, 5.41) is 9.25. The topological polar surface area (TPSA) is 32.7 Å². The van der Waals surface area contributed by atoms with Crippen molar-refractivity contribution in [3.8, 4) is 5.75 Å². The Morgan fingerprint density at radius 2 is 2.20 bits per heavy atom. The minimum atomic E-state index is -0.141. The number of methoxy groups -OCH3 is 1. The van der Waals surface area contributed by atoms with E-state index in [9.17, 15) is 5.11 Å². The number of nitrogens with zero attached hydrogens (tertiary/aromatic N) is 1. The monoisotopic (exact) mass is 207 g/mol. The normalized spacial score (nSPS) is 19.7. The molecule has 0 amide bonds. The molecule has 0 saturated carbocycles. The van der Waals surface area contributed by atoms with Gasteiger partial charge in [-0.3, -0.25) is 4.90 Å². The van der Waals surface area contributed by atoms with E-state index in [1.165, 1.54) is 5.56 Å². The smallest absolute Gasteiger partial charge is 0.119 e. The second-order valence-corrected chi connectivity index (χ2v) is 4.06. The third kappa shape index (κ3) is 2.13. The van der Waals surface area contributed by atoms with Gasteiger partial charge in [0.1, 0.15) is 5.75 Å². The van der Waals surface area contributed by atoms with Crippen LogP contribution in [0, 0.1) is 0 Å². The lowest BCUT2D eigenvalue weighted by Crippen LogP contribution is -2.51. The van der Waals surface area contributed by atoms with Crippen LogP contribution in [-0.2, 0) is 0 Å². The van der Waals surface area contributed by atoms with Crippen LogP contribution < -0.4 is 4.74 Å². The number of ether oxygens (including phenoxy) is 1. The van der Waals surface area contributed by atoms with Crippen LogP contribution in [0.2, 0.25) is 0 Å². The third-order valence-corrected chi connectivity index (χ3v) is 3.01. The van der Waals surface area contributed by atoms with E-state index in [1.807, 2.05) is 12.1 Å². The Balaban J connectivity index is 2.08. The summed E-state index contributed by atoms with van der Waals surface area (Å²) < 4.78 is 5.19. The van der Waals surface area contributed by atoms with Gasteiger partial charge in [-0.05, 0) is 24.6 Å². The highest BCUT2D eigenvalue weighted by atomic mass is 16.5. The predicted octanol–water partition coefficient (Wildman–Crippen LogP) is 1.43. The van der Waals surface area contributed by atoms with E-state index in [2.05, 4.69) is 24.0 Å². The number of aliphatic hydroxyl groups is 1. The molecular formula is C12H17NO2. The summed E-state index contributed by atoms with van der Waals surface area (Å²) in [6.45, 7) is 3.71. The first kappa shape index (κ1) is 10.5. The summed E-state index contributed by atoms with van der Waals surface area (Å²) in [4.78, 5) is 2.25. The van der Waals surface area contributed by atoms with Gasteiger partial charge in [-0.1, -0.05) is 12.1 Å². The molecule has 1 aromatic carbocycles. The van der Waals surface area contributed by atoms with Crippen molar-refractivity contribution in [2.45, 2.75) is 19.1 Å². The van der Waals surface area contributed by atoms with Gasteiger partial charge in [0.15, 0.2) is 0 Å². The fraction of sp³-hybridized carbons (Fsp3) is 0.500. The molecule has 1 fully saturated rings. The highest BCUT2D eigenvalue weighted by Crippen LogP contribution is 2.27. The summed E-state index contributed by atoms with van der Waals surface area (Å²) in [7, 11) is 1.68. The molecule has 15 heavy (non-hydrogen) atoms. The first-order chi connectivity index (χ1) is 7.20. The molecule has 0 unspecified atom stereocenters. The Morgan fingerprint density at radius 3 is 2.80 bits per heavy atom. The number of hydrogen-bond acceptors (Lipinski definition) is 3. The first-order valence-electron chi connectivity index (χ1n) is 5.27. The summed E-state index contributed by atoms with van der Waals surface area (Å²) in [5.74, 6) is 0.889. The van der Waals surface area contributed by atoms with Crippen LogP contribution in [0.15, 0.2) is 24.3 Å². The van der Waals surface area contributed by atoms with Crippen molar-refractivity contribution in [1.29, 1.82) is 0 Å². The molecule has 1 N–H and O–H groups in total. The molecule has 1 aliphatic heterocycles. The molecule has 1 aliphatic rings. The predicted molar refractivity (Wildman–Crippen MR) is 59.0 cm³/mol. The van der Waals surface area contributed by atoms with E-state index in [4.69, 9.17) is 4.74 Å². The molecule has 1 heterocycles. The molecule has 1 atom stereocenters. The summed E-state index contributed by atoms with van der Waals surface area (Å²) in [6.07, 6.45) is -0.141. The van der Waals surface area contributed by atoms with E-state index in [-0.39, 0.29) is 6.10 Å². The van der Waals surface area contributed by atoms with Crippen LogP contribution in [0.3, 0.4) is 0 Å². The number of hydrogen-bond donors (Lipinski definition) is 1. The molecule has 3 nitrogen and oxygen atoms in total. The Labute approximate surface area is 90.3 Å². The van der Waals surface area contributed by atoms with Crippen molar-refractivity contribution in [1.82, 2.24) is 4.90 Å². The zero-order chi connectivity index (χ0) is 10.8. The SMILES string of the molecule is COc1cccc([C@@H](C)N2CC(O)C2)c1. The number of benzene rings is 1. The zero-order valence-electron chi connectivity index (χ0n) is 9.18. The van der Waals surface area contributed by atoms with E-state index in [1.54, 1.807) is 7.11 Å². The lowest BCUT2D eigenvalue weighted by molar-refractivity contribution is -0.0211. The van der Waals surface area contributed by atoms with Crippen molar-refractivity contribution in [3.05, 3.63) is 29.8 Å². The van der Waals surface area contributed by atoms with E-state index >= 15 is 0 Å². The number of aliphatic hydroxyl groups excluding tert-OH is 1. The average Bonchev–Trinajstić information content (AvgIpc) is 2.24. The molecule has 3 heteroatoms. The van der Waals surface area contributed by atoms with Crippen molar-refractivity contribution >= 4 is 0 Å². The summed E-state index contributed by atoms with van der Waals surface area (Å²) in [5.41, 5.74) is 1.24. The van der Waals surface area contributed by atoms with Crippen molar-refractivity contribution in [3.63, 3.8) is 0 Å². The number of likely N-dealkylation sites (tertiary alicyclic amines) is 1. The molecule has 82 valence electrons. The second-order valence-electron chi connectivity index (χ2n) is 4.06. The lowest BCUT2D eigenvalue weighted by atomic mass is 10.0. The van der Waals surface area contributed by atoms with E-state index in [0.29, 0.717) is 6.04 Å². The molecular weight excluding hydrogens is 190 g/mol. The highest BCUT2D eigenvalue weighted by molar-refractivity contribution is 5.30. The molecule has 2 rings (SSSR count). The van der Waals surface area contributed by atoms with Crippen LogP contribution in [0.5, 0.6) is 5.75 Å². The summed E-state index contributed by atoms with van der Waals surface area (Å²) in [6, 6.07) is 8.44. The van der Waals surface area contributed by atoms with Gasteiger partial charge in [-0.25, -0.2) is 0 Å². The largest absolute Gasteiger partial charge is 0.497 e. The minimum Gasteiger partial charge on any atom is -0.497 e. The van der Waals surface area contributed by atoms with Crippen molar-refractivity contribution in [2.24, 2.45) is 0 Å². The van der Waals surface area contributed by atoms with Gasteiger partial charge in [0.05, 0.1) is 13.2 Å². The second kappa shape index (κ2) is 4.21. The van der Waals surface area contributed by atoms with Crippen LogP contribution in [-0.4, -0.2) is 36.3 Å². The first-order valence-corrected chi connectivity index (χ1v) is 5.27. The average molecular weight is 207 g/mol. The maximum Gasteiger partial charge on any atom is 0.119 e. The molecule has 1 aromatic rings. The molecule has 1 saturated heterocycles. The maximum absolute atomic E-state index is 9.25. The minimum absolute atomic E-state index is 0.141. The van der Waals surface area contributed by atoms with Crippen LogP contribution in [0.25, 0.3) is 0 Å². The molecule has 0 aliphatic carbocycles. The fourth-order valence-corrected chi connectivity index (χ4v) is 1.92. The zero-order valence-corrected chi connectivity index (χ0v) is 9.18. The van der Waals surface area contributed by atoms with Gasteiger partial charge >= 0.3 is 0 Å². The van der Waals surface area contributed by atoms with Crippen LogP contribution >= 0.6 is 0 Å². The highest BCUT2D eigenvalue weighted by Gasteiger charge is 2.29. The van der Waals surface area contributed by atoms with Gasteiger partial charge in [-0.2, -0.15) is 0 Å². The Morgan fingerprint density at radius 1 is 1.47 bits per heavy atom. The van der Waals surface area contributed by atoms with Crippen LogP contribution in [0.4, 0.5) is 0 Å². The summed E-state index contributed by atoms with van der Waals surface area (Å²) >= 11 is 0. The van der Waals surface area contributed by atoms with Gasteiger partial charge < -0.3 is 9.84 Å². The maximum atomic E-state index is 9.25. The van der Waals surface area contributed by atoms with E-state index < -0.39 is 0 Å². The van der Waals surface area contributed by atoms with E-state index in [0.717, 1.165) is 18.8 Å². The van der Waals surface area contributed by atoms with Gasteiger partial charge in [0.25, 0.3) is 0 Å². The van der Waals surface area contributed by atoms with Crippen LogP contribution in [0.1, 0.15) is 18.5 Å². The van der Waals surface area contributed by atoms with Crippen molar-refractivity contribution < 1.29 is 9.84 Å². The van der Waals surface area contributed by atoms with Gasteiger partial charge in [0, 0.05) is 19.1 Å². The standard InChI is InChI=1S/C12H17NO2/c1-9(13-7-11(14)8-13)10-4-3-5-12(6-10)15-2/h3-6,9,11,14H,7-8H2,1-2H3/t9-/m1/s1. The molecule has 0 aromatic heterocycles. The van der Waals surface area contributed by atoms with Crippen molar-refractivity contribution in [2.75, 3.05) is 20.2 Å². The van der Waals surface area contributed by atoms with Gasteiger partial charge in [0.2, 0.25) is 0 Å². The lowest BCUT2D eigenvalue weighted by Gasteiger charge is -2.40. The Bertz CT molecular complexity index is 334. The van der Waals surface area contributed by atoms with Gasteiger partial charge in [-0.15, -0.1) is 0 Å².